The maximum atomic E-state index is 4.41. The Kier molecular flexibility index (Phi) is 6.01. The first kappa shape index (κ1) is 16.1. The second-order valence-electron chi connectivity index (χ2n) is 5.33. The number of nitrogens with zero attached hydrogens (tertiary/aromatic N) is 3. The van der Waals surface area contributed by atoms with Gasteiger partial charge in [0.25, 0.3) is 0 Å². The second-order valence-corrected chi connectivity index (χ2v) is 5.33. The summed E-state index contributed by atoms with van der Waals surface area (Å²) in [7, 11) is 1.80. The minimum absolute atomic E-state index is 0.423. The molecule has 0 spiro atoms. The van der Waals surface area contributed by atoms with Crippen LogP contribution in [0.3, 0.4) is 0 Å². The average Bonchev–Trinajstić information content (AvgIpc) is 3.03. The zero-order chi connectivity index (χ0) is 15.8. The van der Waals surface area contributed by atoms with Gasteiger partial charge in [-0.2, -0.15) is 5.10 Å². The van der Waals surface area contributed by atoms with Gasteiger partial charge in [-0.1, -0.05) is 25.1 Å². The molecule has 5 heteroatoms. The van der Waals surface area contributed by atoms with Gasteiger partial charge in [0.1, 0.15) is 0 Å². The Morgan fingerprint density at radius 3 is 2.77 bits per heavy atom. The lowest BCUT2D eigenvalue weighted by Crippen LogP contribution is -2.42. The lowest BCUT2D eigenvalue weighted by Gasteiger charge is -2.16. The number of hydrogen-bond acceptors (Lipinski definition) is 2. The number of hydrogen-bond donors (Lipinski definition) is 2. The van der Waals surface area contributed by atoms with Gasteiger partial charge < -0.3 is 10.6 Å². The van der Waals surface area contributed by atoms with E-state index in [9.17, 15) is 0 Å². The molecule has 0 radical (unpaired) electrons. The number of rotatable bonds is 6. The first-order valence-electron chi connectivity index (χ1n) is 7.79. The zero-order valence-electron chi connectivity index (χ0n) is 13.6. The van der Waals surface area contributed by atoms with Crippen molar-refractivity contribution in [2.45, 2.75) is 32.7 Å². The fourth-order valence-electron chi connectivity index (χ4n) is 2.07. The summed E-state index contributed by atoms with van der Waals surface area (Å²) in [5.41, 5.74) is 2.28. The highest BCUT2D eigenvalue weighted by atomic mass is 15.3. The van der Waals surface area contributed by atoms with E-state index in [0.717, 1.165) is 31.0 Å². The van der Waals surface area contributed by atoms with Crippen molar-refractivity contribution in [3.05, 3.63) is 48.3 Å². The van der Waals surface area contributed by atoms with Crippen LogP contribution in [-0.4, -0.2) is 35.4 Å². The van der Waals surface area contributed by atoms with Crippen LogP contribution < -0.4 is 10.6 Å². The Hall–Kier alpha value is -2.30. The Balaban J connectivity index is 1.84. The summed E-state index contributed by atoms with van der Waals surface area (Å²) in [5.74, 6) is 0.852. The third kappa shape index (κ3) is 4.62. The molecule has 1 heterocycles. The van der Waals surface area contributed by atoms with Crippen molar-refractivity contribution < 1.29 is 0 Å². The molecule has 0 aliphatic carbocycles. The summed E-state index contributed by atoms with van der Waals surface area (Å²) in [6.45, 7) is 5.14. The average molecular weight is 299 g/mol. The van der Waals surface area contributed by atoms with E-state index in [0.29, 0.717) is 6.04 Å². The molecule has 22 heavy (non-hydrogen) atoms. The monoisotopic (exact) mass is 299 g/mol. The first-order chi connectivity index (χ1) is 10.7. The van der Waals surface area contributed by atoms with Gasteiger partial charge >= 0.3 is 0 Å². The quantitative estimate of drug-likeness (QED) is 0.636. The minimum Gasteiger partial charge on any atom is -0.356 e. The number of aliphatic imine (C=N–C) groups is 1. The lowest BCUT2D eigenvalue weighted by molar-refractivity contribution is 0.624. The molecule has 0 aliphatic heterocycles. The second kappa shape index (κ2) is 8.22. The molecule has 0 saturated carbocycles. The summed E-state index contributed by atoms with van der Waals surface area (Å²) in [6, 6.07) is 10.6. The number of benzene rings is 1. The van der Waals surface area contributed by atoms with E-state index in [1.54, 1.807) is 7.05 Å². The molecule has 1 aromatic heterocycles. The Morgan fingerprint density at radius 2 is 2.09 bits per heavy atom. The molecule has 2 aromatic rings. The summed E-state index contributed by atoms with van der Waals surface area (Å²) >= 11 is 0. The van der Waals surface area contributed by atoms with Crippen LogP contribution in [0, 0.1) is 0 Å². The Bertz CT molecular complexity index is 588. The number of guanidine groups is 1. The summed E-state index contributed by atoms with van der Waals surface area (Å²) in [4.78, 5) is 4.23. The molecule has 1 aromatic carbocycles. The van der Waals surface area contributed by atoms with Crippen molar-refractivity contribution in [3.8, 4) is 5.69 Å². The van der Waals surface area contributed by atoms with Crippen LogP contribution in [0.25, 0.3) is 5.69 Å². The van der Waals surface area contributed by atoms with Crippen LogP contribution in [0.4, 0.5) is 0 Å². The Morgan fingerprint density at radius 1 is 1.32 bits per heavy atom. The molecule has 2 rings (SSSR count). The first-order valence-corrected chi connectivity index (χ1v) is 7.79. The van der Waals surface area contributed by atoms with Crippen LogP contribution in [0.2, 0.25) is 0 Å². The van der Waals surface area contributed by atoms with Crippen LogP contribution in [0.15, 0.2) is 47.7 Å². The van der Waals surface area contributed by atoms with Crippen LogP contribution in [-0.2, 0) is 6.42 Å². The smallest absolute Gasteiger partial charge is 0.191 e. The third-order valence-electron chi connectivity index (χ3n) is 3.58. The molecule has 1 unspecified atom stereocenters. The molecule has 0 bridgehead atoms. The van der Waals surface area contributed by atoms with Gasteiger partial charge in [0.15, 0.2) is 5.96 Å². The molecule has 118 valence electrons. The third-order valence-corrected chi connectivity index (χ3v) is 3.58. The van der Waals surface area contributed by atoms with Gasteiger partial charge in [0.2, 0.25) is 0 Å². The Labute approximate surface area is 132 Å². The minimum atomic E-state index is 0.423. The summed E-state index contributed by atoms with van der Waals surface area (Å²) < 4.78 is 1.90. The van der Waals surface area contributed by atoms with Crippen LogP contribution in [0.5, 0.6) is 0 Å². The molecule has 0 amide bonds. The molecule has 0 saturated heterocycles. The number of para-hydroxylation sites is 1. The van der Waals surface area contributed by atoms with Gasteiger partial charge in [-0.3, -0.25) is 4.99 Å². The normalized spacial score (nSPS) is 13.0. The highest BCUT2D eigenvalue weighted by molar-refractivity contribution is 5.79. The molecular weight excluding hydrogens is 274 g/mol. The zero-order valence-corrected chi connectivity index (χ0v) is 13.6. The lowest BCUT2D eigenvalue weighted by atomic mass is 10.2. The number of nitrogens with one attached hydrogen (secondary N) is 2. The van der Waals surface area contributed by atoms with Gasteiger partial charge in [-0.15, -0.1) is 0 Å². The van der Waals surface area contributed by atoms with Crippen LogP contribution >= 0.6 is 0 Å². The van der Waals surface area contributed by atoms with E-state index in [-0.39, 0.29) is 0 Å². The highest BCUT2D eigenvalue weighted by Crippen LogP contribution is 2.07. The SMILES string of the molecule is CCC(C)NC(=NC)NCCc1cnn(-c2ccccc2)c1. The van der Waals surface area contributed by atoms with Crippen molar-refractivity contribution in [1.29, 1.82) is 0 Å². The molecule has 0 fully saturated rings. The topological polar surface area (TPSA) is 54.2 Å². The van der Waals surface area contributed by atoms with E-state index >= 15 is 0 Å². The van der Waals surface area contributed by atoms with Crippen molar-refractivity contribution in [2.75, 3.05) is 13.6 Å². The largest absolute Gasteiger partial charge is 0.356 e. The molecule has 0 aliphatic rings. The molecular formula is C17H25N5. The number of aromatic nitrogens is 2. The van der Waals surface area contributed by atoms with Crippen molar-refractivity contribution in [2.24, 2.45) is 4.99 Å². The fraction of sp³-hybridized carbons (Fsp3) is 0.412. The van der Waals surface area contributed by atoms with Crippen molar-refractivity contribution in [1.82, 2.24) is 20.4 Å². The van der Waals surface area contributed by atoms with Gasteiger partial charge in [-0.05, 0) is 37.5 Å². The summed E-state index contributed by atoms with van der Waals surface area (Å²) in [5, 5.41) is 11.1. The van der Waals surface area contributed by atoms with E-state index < -0.39 is 0 Å². The van der Waals surface area contributed by atoms with Gasteiger partial charge in [-0.25, -0.2) is 4.68 Å². The van der Waals surface area contributed by atoms with E-state index in [4.69, 9.17) is 0 Å². The van der Waals surface area contributed by atoms with E-state index in [1.807, 2.05) is 41.2 Å². The fourth-order valence-corrected chi connectivity index (χ4v) is 2.07. The molecule has 1 atom stereocenters. The van der Waals surface area contributed by atoms with Crippen LogP contribution in [0.1, 0.15) is 25.8 Å². The molecule has 5 nitrogen and oxygen atoms in total. The standard InChI is InChI=1S/C17H25N5/c1-4-14(2)21-17(18-3)19-11-10-15-12-20-22(13-15)16-8-6-5-7-9-16/h5-9,12-14H,4,10-11H2,1-3H3,(H2,18,19,21). The van der Waals surface area contributed by atoms with Gasteiger partial charge in [0.05, 0.1) is 11.9 Å². The summed E-state index contributed by atoms with van der Waals surface area (Å²) in [6.07, 6.45) is 5.97. The maximum Gasteiger partial charge on any atom is 0.191 e. The van der Waals surface area contributed by atoms with Crippen molar-refractivity contribution in [3.63, 3.8) is 0 Å². The molecule has 2 N–H and O–H groups in total. The predicted molar refractivity (Wildman–Crippen MR) is 91.5 cm³/mol. The predicted octanol–water partition coefficient (Wildman–Crippen LogP) is 2.38. The van der Waals surface area contributed by atoms with E-state index in [1.165, 1.54) is 5.56 Å². The van der Waals surface area contributed by atoms with E-state index in [2.05, 4.69) is 40.8 Å². The van der Waals surface area contributed by atoms with Crippen molar-refractivity contribution >= 4 is 5.96 Å². The van der Waals surface area contributed by atoms with Gasteiger partial charge in [0, 0.05) is 25.8 Å². The highest BCUT2D eigenvalue weighted by Gasteiger charge is 2.04. The maximum absolute atomic E-state index is 4.41.